The molecule has 2 N–H and O–H groups in total. The van der Waals surface area contributed by atoms with Crippen LogP contribution in [0.2, 0.25) is 0 Å². The maximum absolute atomic E-state index is 12.7. The Hall–Kier alpha value is -2.20. The van der Waals surface area contributed by atoms with Crippen LogP contribution < -0.4 is 5.32 Å². The Kier molecular flexibility index (Phi) is 6.00. The average molecular weight is 434 g/mol. The van der Waals surface area contributed by atoms with E-state index in [1.54, 1.807) is 12.1 Å². The minimum atomic E-state index is -3.48. The molecule has 1 aliphatic heterocycles. The maximum atomic E-state index is 12.7. The molecule has 3 aromatic rings. The lowest BCUT2D eigenvalue weighted by molar-refractivity contribution is -0.121. The molecule has 0 radical (unpaired) electrons. The number of ether oxygens (including phenoxy) is 1. The molecule has 1 amide bonds. The largest absolute Gasteiger partial charge is 0.379 e. The Morgan fingerprint density at radius 2 is 1.97 bits per heavy atom. The molecule has 154 valence electrons. The lowest BCUT2D eigenvalue weighted by Gasteiger charge is -2.25. The van der Waals surface area contributed by atoms with Crippen molar-refractivity contribution >= 4 is 38.2 Å². The van der Waals surface area contributed by atoms with Crippen molar-refractivity contribution in [2.24, 2.45) is 0 Å². The molecule has 1 aliphatic rings. The molecule has 29 heavy (non-hydrogen) atoms. The second kappa shape index (κ2) is 8.66. The Morgan fingerprint density at radius 3 is 2.79 bits per heavy atom. The standard InChI is InChI=1S/C20H23N3O4S2/c24-19(7-5-15-13-21-18-4-2-1-3-17(15)18)22-14-16-6-8-20(28-16)29(25,26)23-9-11-27-12-10-23/h1-4,6,8,13,21H,5,7,9-12,14H2,(H,22,24). The molecule has 0 aliphatic carbocycles. The van der Waals surface area contributed by atoms with Crippen LogP contribution in [-0.4, -0.2) is 49.9 Å². The van der Waals surface area contributed by atoms with E-state index in [0.29, 0.717) is 49.9 Å². The molecule has 1 saturated heterocycles. The van der Waals surface area contributed by atoms with Gasteiger partial charge in [-0.15, -0.1) is 11.3 Å². The number of H-pyrrole nitrogens is 1. The summed E-state index contributed by atoms with van der Waals surface area (Å²) in [7, 11) is -3.48. The van der Waals surface area contributed by atoms with E-state index in [9.17, 15) is 13.2 Å². The number of sulfonamides is 1. The van der Waals surface area contributed by atoms with Crippen molar-refractivity contribution in [1.29, 1.82) is 0 Å². The number of carbonyl (C=O) groups is 1. The minimum absolute atomic E-state index is 0.0544. The van der Waals surface area contributed by atoms with Gasteiger partial charge in [-0.2, -0.15) is 4.31 Å². The molecule has 2 aromatic heterocycles. The molecule has 0 saturated carbocycles. The van der Waals surface area contributed by atoms with Crippen LogP contribution in [0.3, 0.4) is 0 Å². The van der Waals surface area contributed by atoms with Crippen molar-refractivity contribution in [2.75, 3.05) is 26.3 Å². The highest BCUT2D eigenvalue weighted by molar-refractivity contribution is 7.91. The normalized spacial score (nSPS) is 15.6. The maximum Gasteiger partial charge on any atom is 0.252 e. The van der Waals surface area contributed by atoms with Gasteiger partial charge >= 0.3 is 0 Å². The summed E-state index contributed by atoms with van der Waals surface area (Å²) in [5, 5.41) is 4.02. The first-order valence-corrected chi connectivity index (χ1v) is 11.8. The van der Waals surface area contributed by atoms with Crippen LogP contribution in [0.1, 0.15) is 16.9 Å². The topological polar surface area (TPSA) is 91.5 Å². The fourth-order valence-corrected chi connectivity index (χ4v) is 6.22. The lowest BCUT2D eigenvalue weighted by Crippen LogP contribution is -2.40. The van der Waals surface area contributed by atoms with Crippen LogP contribution in [0.4, 0.5) is 0 Å². The summed E-state index contributed by atoms with van der Waals surface area (Å²) < 4.78 is 32.3. The first kappa shape index (κ1) is 20.1. The molecule has 9 heteroatoms. The third-order valence-corrected chi connectivity index (χ3v) is 8.41. The predicted octanol–water partition coefficient (Wildman–Crippen LogP) is 2.50. The van der Waals surface area contributed by atoms with Gasteiger partial charge in [-0.3, -0.25) is 4.79 Å². The molecular weight excluding hydrogens is 410 g/mol. The van der Waals surface area contributed by atoms with Crippen molar-refractivity contribution in [3.05, 3.63) is 53.0 Å². The Labute approximate surface area is 173 Å². The van der Waals surface area contributed by atoms with Crippen molar-refractivity contribution in [3.63, 3.8) is 0 Å². The SMILES string of the molecule is O=C(CCc1c[nH]c2ccccc12)NCc1ccc(S(=O)(=O)N2CCOCC2)s1. The minimum Gasteiger partial charge on any atom is -0.379 e. The van der Waals surface area contributed by atoms with E-state index in [1.807, 2.05) is 30.5 Å². The summed E-state index contributed by atoms with van der Waals surface area (Å²) in [6.07, 6.45) is 2.98. The van der Waals surface area contributed by atoms with Crippen molar-refractivity contribution in [1.82, 2.24) is 14.6 Å². The molecule has 0 atom stereocenters. The smallest absolute Gasteiger partial charge is 0.252 e. The summed E-state index contributed by atoms with van der Waals surface area (Å²) >= 11 is 1.20. The zero-order valence-electron chi connectivity index (χ0n) is 15.9. The fourth-order valence-electron chi connectivity index (χ4n) is 3.37. The van der Waals surface area contributed by atoms with Gasteiger partial charge in [-0.05, 0) is 30.2 Å². The van der Waals surface area contributed by atoms with E-state index in [4.69, 9.17) is 4.74 Å². The number of nitrogens with one attached hydrogen (secondary N) is 2. The third kappa shape index (κ3) is 4.53. The number of carbonyl (C=O) groups excluding carboxylic acids is 1. The third-order valence-electron chi connectivity index (χ3n) is 4.96. The van der Waals surface area contributed by atoms with Crippen molar-refractivity contribution in [2.45, 2.75) is 23.6 Å². The predicted molar refractivity (Wildman–Crippen MR) is 112 cm³/mol. The zero-order valence-corrected chi connectivity index (χ0v) is 17.5. The van der Waals surface area contributed by atoms with E-state index in [0.717, 1.165) is 21.3 Å². The molecule has 1 fully saturated rings. The first-order chi connectivity index (χ1) is 14.0. The number of morpholine rings is 1. The van der Waals surface area contributed by atoms with Crippen LogP contribution in [-0.2, 0) is 32.5 Å². The van der Waals surface area contributed by atoms with E-state index in [1.165, 1.54) is 15.6 Å². The molecule has 0 spiro atoms. The molecule has 3 heterocycles. The number of aromatic nitrogens is 1. The second-order valence-electron chi connectivity index (χ2n) is 6.87. The van der Waals surface area contributed by atoms with Gasteiger partial charge in [0, 0.05) is 41.5 Å². The number of para-hydroxylation sites is 1. The number of nitrogens with zero attached hydrogens (tertiary/aromatic N) is 1. The van der Waals surface area contributed by atoms with Gasteiger partial charge < -0.3 is 15.0 Å². The second-order valence-corrected chi connectivity index (χ2v) is 10.2. The van der Waals surface area contributed by atoms with Gasteiger partial charge in [-0.25, -0.2) is 8.42 Å². The molecular formula is C20H23N3O4S2. The molecule has 0 bridgehead atoms. The monoisotopic (exact) mass is 433 g/mol. The number of hydrogen-bond acceptors (Lipinski definition) is 5. The van der Waals surface area contributed by atoms with Gasteiger partial charge in [0.05, 0.1) is 19.8 Å². The van der Waals surface area contributed by atoms with Crippen molar-refractivity contribution in [3.8, 4) is 0 Å². The van der Waals surface area contributed by atoms with Gasteiger partial charge in [0.2, 0.25) is 5.91 Å². The number of amides is 1. The van der Waals surface area contributed by atoms with Gasteiger partial charge in [0.1, 0.15) is 4.21 Å². The van der Waals surface area contributed by atoms with Crippen LogP contribution in [0.25, 0.3) is 10.9 Å². The lowest BCUT2D eigenvalue weighted by atomic mass is 10.1. The summed E-state index contributed by atoms with van der Waals surface area (Å²) in [5.74, 6) is -0.0544. The average Bonchev–Trinajstić information content (AvgIpc) is 3.39. The quantitative estimate of drug-likeness (QED) is 0.599. The summed E-state index contributed by atoms with van der Waals surface area (Å²) in [6.45, 7) is 1.92. The number of rotatable bonds is 7. The van der Waals surface area contributed by atoms with Gasteiger partial charge in [0.25, 0.3) is 10.0 Å². The highest BCUT2D eigenvalue weighted by Crippen LogP contribution is 2.25. The van der Waals surface area contributed by atoms with Crippen LogP contribution in [0.5, 0.6) is 0 Å². The summed E-state index contributed by atoms with van der Waals surface area (Å²) in [4.78, 5) is 16.3. The Bertz CT molecular complexity index is 1100. The van der Waals surface area contributed by atoms with Crippen molar-refractivity contribution < 1.29 is 17.9 Å². The van der Waals surface area contributed by atoms with Crippen LogP contribution >= 0.6 is 11.3 Å². The van der Waals surface area contributed by atoms with E-state index in [2.05, 4.69) is 10.3 Å². The fraction of sp³-hybridized carbons (Fsp3) is 0.350. The summed E-state index contributed by atoms with van der Waals surface area (Å²) in [6, 6.07) is 11.4. The van der Waals surface area contributed by atoms with E-state index < -0.39 is 10.0 Å². The number of thiophene rings is 1. The van der Waals surface area contributed by atoms with Gasteiger partial charge in [-0.1, -0.05) is 18.2 Å². The number of hydrogen-bond donors (Lipinski definition) is 2. The number of aryl methyl sites for hydroxylation is 1. The Morgan fingerprint density at radius 1 is 1.17 bits per heavy atom. The Balaban J connectivity index is 1.31. The molecule has 0 unspecified atom stereocenters. The highest BCUT2D eigenvalue weighted by atomic mass is 32.2. The summed E-state index contributed by atoms with van der Waals surface area (Å²) in [5.41, 5.74) is 2.18. The van der Waals surface area contributed by atoms with Gasteiger partial charge in [0.15, 0.2) is 0 Å². The molecule has 1 aromatic carbocycles. The molecule has 7 nitrogen and oxygen atoms in total. The molecule has 4 rings (SSSR count). The number of benzene rings is 1. The van der Waals surface area contributed by atoms with E-state index in [-0.39, 0.29) is 5.91 Å². The first-order valence-electron chi connectivity index (χ1n) is 9.52. The van der Waals surface area contributed by atoms with Crippen LogP contribution in [0.15, 0.2) is 46.8 Å². The number of fused-ring (bicyclic) bond motifs is 1. The highest BCUT2D eigenvalue weighted by Gasteiger charge is 2.27. The number of aromatic amines is 1. The van der Waals surface area contributed by atoms with Crippen LogP contribution in [0, 0.1) is 0 Å². The van der Waals surface area contributed by atoms with E-state index >= 15 is 0 Å². The zero-order chi connectivity index (χ0) is 20.3.